The topological polar surface area (TPSA) is 88.2 Å². The molecule has 0 saturated heterocycles. The number of carboxylic acid groups (broad SMARTS) is 1. The van der Waals surface area contributed by atoms with Crippen LogP contribution in [0.5, 0.6) is 0 Å². The Morgan fingerprint density at radius 2 is 1.95 bits per heavy atom. The van der Waals surface area contributed by atoms with Crippen molar-refractivity contribution in [1.29, 1.82) is 0 Å². The van der Waals surface area contributed by atoms with Crippen LogP contribution in [0.25, 0.3) is 11.1 Å². The predicted octanol–water partition coefficient (Wildman–Crippen LogP) is 3.18. The molecule has 2 heterocycles. The van der Waals surface area contributed by atoms with Crippen LogP contribution >= 0.6 is 0 Å². The summed E-state index contributed by atoms with van der Waals surface area (Å²) < 4.78 is 5.00. The van der Waals surface area contributed by atoms with Gasteiger partial charge in [-0.3, -0.25) is 0 Å². The van der Waals surface area contributed by atoms with Gasteiger partial charge in [-0.15, -0.1) is 0 Å². The number of aromatic nitrogens is 2. The highest BCUT2D eigenvalue weighted by atomic mass is 16.4. The number of carbonyl (C=O) groups is 1. The van der Waals surface area contributed by atoms with E-state index in [1.165, 1.54) is 12.1 Å². The normalized spacial score (nSPS) is 10.3. The number of furan rings is 1. The summed E-state index contributed by atoms with van der Waals surface area (Å²) in [5.74, 6) is -0.584. The number of nitrogens with zero attached hydrogens (tertiary/aromatic N) is 2. The van der Waals surface area contributed by atoms with Gasteiger partial charge in [0.1, 0.15) is 0 Å². The lowest BCUT2D eigenvalue weighted by molar-refractivity contribution is 0.0697. The molecule has 2 N–H and O–H groups in total. The Hall–Kier alpha value is -3.15. The maximum Gasteiger partial charge on any atom is 0.335 e. The summed E-state index contributed by atoms with van der Waals surface area (Å²) in [6, 6.07) is 8.28. The first-order valence-electron chi connectivity index (χ1n) is 6.17. The summed E-state index contributed by atoms with van der Waals surface area (Å²) in [7, 11) is 0. The van der Waals surface area contributed by atoms with Crippen molar-refractivity contribution >= 4 is 17.6 Å². The van der Waals surface area contributed by atoms with Crippen LogP contribution in [0, 0.1) is 0 Å². The maximum atomic E-state index is 10.9. The van der Waals surface area contributed by atoms with Gasteiger partial charge in [0.05, 0.1) is 18.1 Å². The predicted molar refractivity (Wildman–Crippen MR) is 76.4 cm³/mol. The van der Waals surface area contributed by atoms with Gasteiger partial charge in [-0.05, 0) is 24.3 Å². The monoisotopic (exact) mass is 281 g/mol. The molecule has 0 unspecified atom stereocenters. The average Bonchev–Trinajstić information content (AvgIpc) is 3.02. The van der Waals surface area contributed by atoms with Gasteiger partial charge >= 0.3 is 5.97 Å². The summed E-state index contributed by atoms with van der Waals surface area (Å²) in [6.07, 6.45) is 6.53. The molecule has 0 fully saturated rings. The molecule has 0 bridgehead atoms. The molecule has 104 valence electrons. The van der Waals surface area contributed by atoms with Gasteiger partial charge in [0.15, 0.2) is 0 Å². The van der Waals surface area contributed by atoms with E-state index in [0.29, 0.717) is 11.6 Å². The third kappa shape index (κ3) is 2.89. The van der Waals surface area contributed by atoms with Gasteiger partial charge in [-0.2, -0.15) is 0 Å². The first kappa shape index (κ1) is 12.9. The molecule has 6 nitrogen and oxygen atoms in total. The van der Waals surface area contributed by atoms with E-state index in [0.717, 1.165) is 11.1 Å². The molecule has 0 atom stereocenters. The first-order chi connectivity index (χ1) is 10.2. The number of rotatable bonds is 4. The van der Waals surface area contributed by atoms with Crippen LogP contribution in [0.15, 0.2) is 59.7 Å². The second-order valence-electron chi connectivity index (χ2n) is 4.32. The molecule has 2 aromatic heterocycles. The second-order valence-corrected chi connectivity index (χ2v) is 4.32. The molecule has 6 heteroatoms. The van der Waals surface area contributed by atoms with Crippen LogP contribution in [-0.4, -0.2) is 21.0 Å². The molecule has 3 aromatic rings. The van der Waals surface area contributed by atoms with E-state index < -0.39 is 5.97 Å². The van der Waals surface area contributed by atoms with Crippen LogP contribution in [0.1, 0.15) is 10.4 Å². The summed E-state index contributed by atoms with van der Waals surface area (Å²) >= 11 is 0. The molecular formula is C15H11N3O3. The van der Waals surface area contributed by atoms with Crippen molar-refractivity contribution in [3.63, 3.8) is 0 Å². The zero-order valence-electron chi connectivity index (χ0n) is 10.9. The molecule has 0 aliphatic heterocycles. The molecule has 0 saturated carbocycles. The van der Waals surface area contributed by atoms with Crippen molar-refractivity contribution in [2.24, 2.45) is 0 Å². The number of aromatic carboxylic acids is 1. The molecule has 0 amide bonds. The van der Waals surface area contributed by atoms with E-state index in [-0.39, 0.29) is 5.56 Å². The Balaban J connectivity index is 1.79. The summed E-state index contributed by atoms with van der Waals surface area (Å²) in [5.41, 5.74) is 2.56. The molecular weight excluding hydrogens is 270 g/mol. The smallest absolute Gasteiger partial charge is 0.335 e. The van der Waals surface area contributed by atoms with E-state index in [1.807, 2.05) is 6.07 Å². The highest BCUT2D eigenvalue weighted by Gasteiger charge is 2.05. The van der Waals surface area contributed by atoms with Crippen molar-refractivity contribution in [2.75, 3.05) is 5.32 Å². The molecule has 0 spiro atoms. The zero-order chi connectivity index (χ0) is 14.7. The lowest BCUT2D eigenvalue weighted by Gasteiger charge is -2.05. The van der Waals surface area contributed by atoms with E-state index in [9.17, 15) is 4.79 Å². The fraction of sp³-hybridized carbons (Fsp3) is 0. The molecule has 1 aromatic carbocycles. The number of carboxylic acids is 1. The van der Waals surface area contributed by atoms with Gasteiger partial charge in [0, 0.05) is 29.2 Å². The largest absolute Gasteiger partial charge is 0.478 e. The third-order valence-electron chi connectivity index (χ3n) is 2.87. The van der Waals surface area contributed by atoms with Gasteiger partial charge in [-0.1, -0.05) is 6.07 Å². The fourth-order valence-electron chi connectivity index (χ4n) is 1.83. The first-order valence-corrected chi connectivity index (χ1v) is 6.17. The van der Waals surface area contributed by atoms with E-state index in [4.69, 9.17) is 9.52 Å². The number of nitrogens with one attached hydrogen (secondary N) is 1. The minimum Gasteiger partial charge on any atom is -0.478 e. The van der Waals surface area contributed by atoms with Crippen LogP contribution in [0.4, 0.5) is 11.6 Å². The summed E-state index contributed by atoms with van der Waals surface area (Å²) in [4.78, 5) is 19.3. The van der Waals surface area contributed by atoms with Gasteiger partial charge in [0.2, 0.25) is 5.95 Å². The van der Waals surface area contributed by atoms with Crippen molar-refractivity contribution < 1.29 is 14.3 Å². The van der Waals surface area contributed by atoms with E-state index in [1.54, 1.807) is 37.1 Å². The fourth-order valence-corrected chi connectivity index (χ4v) is 1.83. The molecule has 0 aliphatic carbocycles. The van der Waals surface area contributed by atoms with E-state index in [2.05, 4.69) is 15.3 Å². The van der Waals surface area contributed by atoms with Crippen LogP contribution in [-0.2, 0) is 0 Å². The quantitative estimate of drug-likeness (QED) is 0.763. The SMILES string of the molecule is O=C(O)c1cccc(Nc2ncc(-c3ccoc3)cn2)c1. The molecule has 0 aliphatic rings. The number of anilines is 2. The van der Waals surface area contributed by atoms with Crippen molar-refractivity contribution in [1.82, 2.24) is 9.97 Å². The summed E-state index contributed by atoms with van der Waals surface area (Å²) in [6.45, 7) is 0. The standard InChI is InChI=1S/C15H11N3O3/c19-14(20)10-2-1-3-13(6-10)18-15-16-7-12(8-17-15)11-4-5-21-9-11/h1-9H,(H,19,20)(H,16,17,18). The second kappa shape index (κ2) is 5.46. The molecule has 3 rings (SSSR count). The Morgan fingerprint density at radius 3 is 2.62 bits per heavy atom. The molecule has 0 radical (unpaired) electrons. The van der Waals surface area contributed by atoms with Crippen LogP contribution in [0.2, 0.25) is 0 Å². The zero-order valence-corrected chi connectivity index (χ0v) is 10.9. The summed E-state index contributed by atoms with van der Waals surface area (Å²) in [5, 5.41) is 11.9. The Morgan fingerprint density at radius 1 is 1.14 bits per heavy atom. The molecule has 21 heavy (non-hydrogen) atoms. The highest BCUT2D eigenvalue weighted by Crippen LogP contribution is 2.20. The van der Waals surface area contributed by atoms with Crippen LogP contribution < -0.4 is 5.32 Å². The van der Waals surface area contributed by atoms with E-state index >= 15 is 0 Å². The Kier molecular flexibility index (Phi) is 3.34. The Labute approximate surface area is 120 Å². The lowest BCUT2D eigenvalue weighted by atomic mass is 10.2. The van der Waals surface area contributed by atoms with Gasteiger partial charge in [-0.25, -0.2) is 14.8 Å². The van der Waals surface area contributed by atoms with Crippen molar-refractivity contribution in [3.8, 4) is 11.1 Å². The number of benzene rings is 1. The Bertz CT molecular complexity index is 752. The lowest BCUT2D eigenvalue weighted by Crippen LogP contribution is -2.00. The van der Waals surface area contributed by atoms with Gasteiger partial charge < -0.3 is 14.8 Å². The minimum absolute atomic E-state index is 0.204. The van der Waals surface area contributed by atoms with Crippen molar-refractivity contribution in [3.05, 3.63) is 60.8 Å². The number of hydrogen-bond acceptors (Lipinski definition) is 5. The highest BCUT2D eigenvalue weighted by molar-refractivity contribution is 5.89. The van der Waals surface area contributed by atoms with Gasteiger partial charge in [0.25, 0.3) is 0 Å². The minimum atomic E-state index is -0.977. The number of hydrogen-bond donors (Lipinski definition) is 2. The third-order valence-corrected chi connectivity index (χ3v) is 2.87. The average molecular weight is 281 g/mol. The van der Waals surface area contributed by atoms with Crippen LogP contribution in [0.3, 0.4) is 0 Å². The maximum absolute atomic E-state index is 10.9. The van der Waals surface area contributed by atoms with Crippen molar-refractivity contribution in [2.45, 2.75) is 0 Å².